The van der Waals surface area contributed by atoms with Gasteiger partial charge in [-0.2, -0.15) is 0 Å². The topological polar surface area (TPSA) is 139 Å². The Morgan fingerprint density at radius 2 is 1.71 bits per heavy atom. The van der Waals surface area contributed by atoms with Gasteiger partial charge < -0.3 is 16.2 Å². The van der Waals surface area contributed by atoms with Gasteiger partial charge in [-0.1, -0.05) is 0 Å². The van der Waals surface area contributed by atoms with Crippen LogP contribution < -0.4 is 16.2 Å². The van der Waals surface area contributed by atoms with Gasteiger partial charge in [0.1, 0.15) is 6.61 Å². The van der Waals surface area contributed by atoms with Crippen LogP contribution in [0.4, 0.5) is 11.6 Å². The fourth-order valence-electron chi connectivity index (χ4n) is 0.738. The van der Waals surface area contributed by atoms with Crippen LogP contribution in [-0.2, 0) is 6.61 Å². The second-order valence-corrected chi connectivity index (χ2v) is 2.34. The van der Waals surface area contributed by atoms with Gasteiger partial charge in [-0.25, -0.2) is 9.26 Å². The Kier molecular flexibility index (Phi) is 1.89. The van der Waals surface area contributed by atoms with E-state index < -0.39 is 0 Å². The van der Waals surface area contributed by atoms with E-state index in [1.54, 1.807) is 0 Å². The molecule has 0 saturated carbocycles. The third kappa shape index (κ3) is 1.42. The van der Waals surface area contributed by atoms with E-state index in [-0.39, 0.29) is 24.1 Å². The molecule has 0 aliphatic rings. The molecule has 74 valence electrons. The van der Waals surface area contributed by atoms with Crippen molar-refractivity contribution in [2.75, 3.05) is 11.5 Å². The van der Waals surface area contributed by atoms with Gasteiger partial charge >= 0.3 is 5.88 Å². The van der Waals surface area contributed by atoms with Gasteiger partial charge in [-0.15, -0.1) is 0 Å². The molecule has 4 N–H and O–H groups in total. The highest BCUT2D eigenvalue weighted by Gasteiger charge is 2.11. The summed E-state index contributed by atoms with van der Waals surface area (Å²) in [5.74, 6) is 0.285. The number of nitrogen functional groups attached to an aromatic ring is 2. The molecular weight excluding hydrogens is 192 g/mol. The Labute approximate surface area is 76.9 Å². The zero-order valence-corrected chi connectivity index (χ0v) is 6.88. The summed E-state index contributed by atoms with van der Waals surface area (Å²) in [6, 6.07) is 0. The molecule has 2 aromatic rings. The summed E-state index contributed by atoms with van der Waals surface area (Å²) in [5, 5.41) is 13.6. The second-order valence-electron chi connectivity index (χ2n) is 2.34. The van der Waals surface area contributed by atoms with Crippen molar-refractivity contribution in [1.29, 1.82) is 0 Å². The monoisotopic (exact) mass is 198 g/mol. The van der Waals surface area contributed by atoms with Crippen LogP contribution in [0.25, 0.3) is 0 Å². The second kappa shape index (κ2) is 3.20. The molecule has 0 aliphatic heterocycles. The van der Waals surface area contributed by atoms with Crippen LogP contribution in [0.15, 0.2) is 9.26 Å². The lowest BCUT2D eigenvalue weighted by Crippen LogP contribution is -2.01. The van der Waals surface area contributed by atoms with Crippen molar-refractivity contribution < 1.29 is 14.0 Å². The number of rotatable bonds is 3. The highest BCUT2D eigenvalue weighted by molar-refractivity contribution is 5.37. The molecule has 9 nitrogen and oxygen atoms in total. The highest BCUT2D eigenvalue weighted by Crippen LogP contribution is 2.16. The van der Waals surface area contributed by atoms with Crippen molar-refractivity contribution in [2.24, 2.45) is 0 Å². The van der Waals surface area contributed by atoms with Crippen LogP contribution in [0.3, 0.4) is 0 Å². The minimum Gasteiger partial charge on any atom is -0.466 e. The molecule has 2 aromatic heterocycles. The summed E-state index contributed by atoms with van der Waals surface area (Å²) < 4.78 is 13.7. The quantitative estimate of drug-likeness (QED) is 0.648. The van der Waals surface area contributed by atoms with Crippen LogP contribution in [0.2, 0.25) is 0 Å². The SMILES string of the molecule is Nc1nonc1COc1nonc1N. The Hall–Kier alpha value is -2.32. The molecule has 0 atom stereocenters. The first-order chi connectivity index (χ1) is 6.77. The zero-order valence-electron chi connectivity index (χ0n) is 6.88. The van der Waals surface area contributed by atoms with E-state index in [0.29, 0.717) is 5.69 Å². The largest absolute Gasteiger partial charge is 0.466 e. The maximum atomic E-state index is 5.38. The Balaban J connectivity index is 2.02. The summed E-state index contributed by atoms with van der Waals surface area (Å²) in [6.45, 7) is 0.0355. The van der Waals surface area contributed by atoms with Gasteiger partial charge in [0.05, 0.1) is 0 Å². The lowest BCUT2D eigenvalue weighted by molar-refractivity contribution is 0.238. The normalized spacial score (nSPS) is 10.3. The predicted molar refractivity (Wildman–Crippen MR) is 41.8 cm³/mol. The number of nitrogens with two attached hydrogens (primary N) is 2. The van der Waals surface area contributed by atoms with Crippen LogP contribution in [0.5, 0.6) is 5.88 Å². The summed E-state index contributed by atoms with van der Waals surface area (Å²) >= 11 is 0. The summed E-state index contributed by atoms with van der Waals surface area (Å²) in [7, 11) is 0. The summed E-state index contributed by atoms with van der Waals surface area (Å²) in [4.78, 5) is 0. The lowest BCUT2D eigenvalue weighted by Gasteiger charge is -1.97. The molecule has 0 unspecified atom stereocenters. The molecular formula is C5H6N6O3. The van der Waals surface area contributed by atoms with Gasteiger partial charge in [0.25, 0.3) is 0 Å². The molecule has 0 bridgehead atoms. The standard InChI is InChI=1S/C5H6N6O3/c6-3-2(8-13-9-3)1-12-5-4(7)10-14-11-5/h1H2,(H2,6,9)(H2,7,10). The third-order valence-corrected chi connectivity index (χ3v) is 1.41. The maximum absolute atomic E-state index is 5.38. The Bertz CT molecular complexity index is 382. The van der Waals surface area contributed by atoms with E-state index in [2.05, 4.69) is 29.9 Å². The lowest BCUT2D eigenvalue weighted by atomic mass is 10.5. The van der Waals surface area contributed by atoms with Gasteiger partial charge in [0.2, 0.25) is 5.82 Å². The van der Waals surface area contributed by atoms with Crippen LogP contribution in [0.1, 0.15) is 5.69 Å². The number of hydrogen-bond donors (Lipinski definition) is 2. The number of anilines is 2. The zero-order chi connectivity index (χ0) is 9.97. The van der Waals surface area contributed by atoms with Gasteiger partial charge in [-0.05, 0) is 20.6 Å². The van der Waals surface area contributed by atoms with E-state index in [1.807, 2.05) is 0 Å². The molecule has 9 heteroatoms. The fraction of sp³-hybridized carbons (Fsp3) is 0.200. The van der Waals surface area contributed by atoms with Crippen molar-refractivity contribution in [1.82, 2.24) is 20.6 Å². The van der Waals surface area contributed by atoms with Crippen LogP contribution in [0, 0.1) is 0 Å². The van der Waals surface area contributed by atoms with Crippen molar-refractivity contribution in [3.05, 3.63) is 5.69 Å². The first-order valence-corrected chi connectivity index (χ1v) is 3.55. The molecule has 0 saturated heterocycles. The molecule has 0 spiro atoms. The van der Waals surface area contributed by atoms with E-state index in [4.69, 9.17) is 16.2 Å². The molecule has 0 aromatic carbocycles. The minimum absolute atomic E-state index is 0.0355. The van der Waals surface area contributed by atoms with Crippen molar-refractivity contribution in [2.45, 2.75) is 6.61 Å². The van der Waals surface area contributed by atoms with Gasteiger partial charge in [0, 0.05) is 0 Å². The number of aromatic nitrogens is 4. The Morgan fingerprint density at radius 1 is 1.00 bits per heavy atom. The predicted octanol–water partition coefficient (Wildman–Crippen LogP) is -0.804. The van der Waals surface area contributed by atoms with Crippen molar-refractivity contribution >= 4 is 11.6 Å². The fourth-order valence-corrected chi connectivity index (χ4v) is 0.738. The number of ether oxygens (including phenoxy) is 1. The molecule has 0 radical (unpaired) electrons. The third-order valence-electron chi connectivity index (χ3n) is 1.41. The van der Waals surface area contributed by atoms with E-state index in [0.717, 1.165) is 0 Å². The summed E-state index contributed by atoms with van der Waals surface area (Å²) in [5.41, 5.74) is 11.1. The first kappa shape index (κ1) is 8.29. The van der Waals surface area contributed by atoms with Crippen LogP contribution in [-0.4, -0.2) is 20.6 Å². The maximum Gasteiger partial charge on any atom is 0.300 e. The Morgan fingerprint density at radius 3 is 2.29 bits per heavy atom. The molecule has 14 heavy (non-hydrogen) atoms. The molecule has 2 heterocycles. The van der Waals surface area contributed by atoms with E-state index in [9.17, 15) is 0 Å². The molecule has 2 rings (SSSR count). The average Bonchev–Trinajstić information content (AvgIpc) is 2.72. The molecule has 0 fully saturated rings. The van der Waals surface area contributed by atoms with E-state index >= 15 is 0 Å². The first-order valence-electron chi connectivity index (χ1n) is 3.55. The van der Waals surface area contributed by atoms with Crippen molar-refractivity contribution in [3.63, 3.8) is 0 Å². The van der Waals surface area contributed by atoms with E-state index in [1.165, 1.54) is 0 Å². The number of hydrogen-bond acceptors (Lipinski definition) is 9. The number of nitrogens with zero attached hydrogens (tertiary/aromatic N) is 4. The molecule has 0 aliphatic carbocycles. The minimum atomic E-state index is 0.0355. The van der Waals surface area contributed by atoms with Gasteiger partial charge in [0.15, 0.2) is 11.5 Å². The van der Waals surface area contributed by atoms with Crippen molar-refractivity contribution in [3.8, 4) is 5.88 Å². The average molecular weight is 198 g/mol. The van der Waals surface area contributed by atoms with Crippen LogP contribution >= 0.6 is 0 Å². The molecule has 0 amide bonds. The highest BCUT2D eigenvalue weighted by atomic mass is 16.6. The smallest absolute Gasteiger partial charge is 0.300 e. The summed E-state index contributed by atoms with van der Waals surface area (Å²) in [6.07, 6.45) is 0. The van der Waals surface area contributed by atoms with Gasteiger partial charge in [-0.3, -0.25) is 0 Å².